The Labute approximate surface area is 123 Å². The molecule has 0 aromatic heterocycles. The van der Waals surface area contributed by atoms with E-state index < -0.39 is 16.8 Å². The predicted molar refractivity (Wildman–Crippen MR) is 81.8 cm³/mol. The molecule has 0 unspecified atom stereocenters. The van der Waals surface area contributed by atoms with Crippen molar-refractivity contribution in [1.82, 2.24) is 5.43 Å². The highest BCUT2D eigenvalue weighted by molar-refractivity contribution is 6.36. The molecule has 0 fully saturated rings. The van der Waals surface area contributed by atoms with Gasteiger partial charge in [-0.1, -0.05) is 35.9 Å². The number of hydrogen-bond donors (Lipinski definition) is 2. The molecular weight excluding hydrogens is 292 g/mol. The standard InChI is InChI=1S/C15H9ClN2O3/c16-10-6-5-9(15(21)18-17)11-12(10)14(20)8-3-1-7(2-4-8)13(11)19/h1-6H,17H2,(H,18,21). The smallest absolute Gasteiger partial charge is 0.265 e. The minimum absolute atomic E-state index is 0.0170. The molecule has 4 rings (SSSR count). The molecule has 104 valence electrons. The first-order valence-electron chi connectivity index (χ1n) is 6.07. The Morgan fingerprint density at radius 2 is 1.43 bits per heavy atom. The summed E-state index contributed by atoms with van der Waals surface area (Å²) in [5, 5.41) is 0.917. The molecule has 4 aromatic carbocycles. The summed E-state index contributed by atoms with van der Waals surface area (Å²) in [5.41, 5.74) is 1.15. The summed E-state index contributed by atoms with van der Waals surface area (Å²) in [6, 6.07) is 8.99. The van der Waals surface area contributed by atoms with E-state index in [-0.39, 0.29) is 21.4 Å². The lowest BCUT2D eigenvalue weighted by molar-refractivity contribution is 0.0955. The highest BCUT2D eigenvalue weighted by Gasteiger charge is 2.16. The van der Waals surface area contributed by atoms with Crippen molar-refractivity contribution in [2.75, 3.05) is 0 Å². The van der Waals surface area contributed by atoms with Gasteiger partial charge in [0.25, 0.3) is 5.91 Å². The van der Waals surface area contributed by atoms with Crippen molar-refractivity contribution in [3.63, 3.8) is 0 Å². The van der Waals surface area contributed by atoms with Gasteiger partial charge in [0.05, 0.1) is 16.0 Å². The second kappa shape index (κ2) is 4.80. The van der Waals surface area contributed by atoms with Crippen LogP contribution in [0.15, 0.2) is 46.0 Å². The molecular formula is C15H9ClN2O3. The van der Waals surface area contributed by atoms with Gasteiger partial charge in [-0.2, -0.15) is 0 Å². The lowest BCUT2D eigenvalue weighted by Gasteiger charge is -2.06. The SMILES string of the molecule is NNC(=O)c1ccc(Cl)c2c(=O)c3ccc(cc3)c(=O)c12. The van der Waals surface area contributed by atoms with Gasteiger partial charge in [0, 0.05) is 16.2 Å². The lowest BCUT2D eigenvalue weighted by atomic mass is 10.0. The largest absolute Gasteiger partial charge is 0.290 e. The molecule has 3 N–H and O–H groups in total. The number of rotatable bonds is 1. The number of hydrazine groups is 1. The van der Waals surface area contributed by atoms with Gasteiger partial charge < -0.3 is 0 Å². The van der Waals surface area contributed by atoms with Crippen LogP contribution in [0.25, 0.3) is 21.5 Å². The number of benzene rings is 2. The third-order valence-electron chi connectivity index (χ3n) is 3.39. The van der Waals surface area contributed by atoms with Crippen LogP contribution < -0.4 is 22.1 Å². The predicted octanol–water partition coefficient (Wildman–Crippen LogP) is 1.41. The van der Waals surface area contributed by atoms with Gasteiger partial charge in [-0.3, -0.25) is 19.8 Å². The zero-order valence-electron chi connectivity index (χ0n) is 10.6. The van der Waals surface area contributed by atoms with E-state index in [9.17, 15) is 14.4 Å². The third kappa shape index (κ3) is 1.94. The third-order valence-corrected chi connectivity index (χ3v) is 3.71. The molecule has 21 heavy (non-hydrogen) atoms. The second-order valence-corrected chi connectivity index (χ2v) is 4.96. The Morgan fingerprint density at radius 3 is 1.95 bits per heavy atom. The molecule has 0 saturated carbocycles. The Morgan fingerprint density at radius 1 is 0.905 bits per heavy atom. The van der Waals surface area contributed by atoms with Gasteiger partial charge in [-0.25, -0.2) is 5.84 Å². The summed E-state index contributed by atoms with van der Waals surface area (Å²) in [7, 11) is 0. The number of nitrogens with two attached hydrogens (primary N) is 1. The Hall–Kier alpha value is -2.50. The maximum atomic E-state index is 12.6. The number of nitrogens with one attached hydrogen (secondary N) is 1. The van der Waals surface area contributed by atoms with Crippen molar-refractivity contribution in [3.8, 4) is 0 Å². The minimum atomic E-state index is -0.654. The van der Waals surface area contributed by atoms with Gasteiger partial charge in [-0.15, -0.1) is 0 Å². The molecule has 2 bridgehead atoms. The highest BCUT2D eigenvalue weighted by Crippen LogP contribution is 2.22. The first kappa shape index (κ1) is 13.5. The quantitative estimate of drug-likeness (QED) is 0.404. The van der Waals surface area contributed by atoms with E-state index >= 15 is 0 Å². The van der Waals surface area contributed by atoms with Crippen molar-refractivity contribution in [3.05, 3.63) is 67.4 Å². The van der Waals surface area contributed by atoms with E-state index in [1.807, 2.05) is 5.43 Å². The fourth-order valence-electron chi connectivity index (χ4n) is 2.36. The lowest BCUT2D eigenvalue weighted by Crippen LogP contribution is -2.31. The molecule has 0 spiro atoms. The summed E-state index contributed by atoms with van der Waals surface area (Å²) >= 11 is 6.08. The van der Waals surface area contributed by atoms with Crippen molar-refractivity contribution < 1.29 is 4.79 Å². The van der Waals surface area contributed by atoms with Crippen molar-refractivity contribution in [1.29, 1.82) is 0 Å². The topological polar surface area (TPSA) is 89.3 Å². The first-order valence-corrected chi connectivity index (χ1v) is 6.45. The average Bonchev–Trinajstić information content (AvgIpc) is 2.51. The van der Waals surface area contributed by atoms with Crippen LogP contribution in [-0.2, 0) is 0 Å². The fourth-order valence-corrected chi connectivity index (χ4v) is 2.61. The zero-order chi connectivity index (χ0) is 15.1. The van der Waals surface area contributed by atoms with Crippen molar-refractivity contribution in [2.24, 2.45) is 5.84 Å². The number of hydrogen-bond acceptors (Lipinski definition) is 4. The maximum Gasteiger partial charge on any atom is 0.265 e. The van der Waals surface area contributed by atoms with Crippen LogP contribution >= 0.6 is 11.6 Å². The summed E-state index contributed by atoms with van der Waals surface area (Å²) in [5.74, 6) is 4.48. The summed E-state index contributed by atoms with van der Waals surface area (Å²) in [6.45, 7) is 0. The summed E-state index contributed by atoms with van der Waals surface area (Å²) in [6.07, 6.45) is 0. The molecule has 4 aromatic rings. The Bertz CT molecular complexity index is 981. The normalized spacial score (nSPS) is 11.0. The molecule has 0 aliphatic carbocycles. The number of halogens is 1. The van der Waals surface area contributed by atoms with E-state index in [1.165, 1.54) is 12.1 Å². The van der Waals surface area contributed by atoms with Crippen LogP contribution in [-0.4, -0.2) is 5.91 Å². The van der Waals surface area contributed by atoms with Crippen LogP contribution in [0.3, 0.4) is 0 Å². The van der Waals surface area contributed by atoms with E-state index in [0.717, 1.165) is 0 Å². The van der Waals surface area contributed by atoms with Gasteiger partial charge in [0.2, 0.25) is 0 Å². The molecule has 0 saturated heterocycles. The van der Waals surface area contributed by atoms with E-state index in [0.29, 0.717) is 10.8 Å². The monoisotopic (exact) mass is 300 g/mol. The number of nitrogen functional groups attached to an aromatic ring is 1. The van der Waals surface area contributed by atoms with Gasteiger partial charge in [0.1, 0.15) is 0 Å². The van der Waals surface area contributed by atoms with E-state index in [2.05, 4.69) is 0 Å². The fraction of sp³-hybridized carbons (Fsp3) is 0. The molecule has 0 atom stereocenters. The second-order valence-electron chi connectivity index (χ2n) is 4.55. The van der Waals surface area contributed by atoms with Crippen LogP contribution in [0.4, 0.5) is 0 Å². The molecule has 0 aliphatic rings. The van der Waals surface area contributed by atoms with Gasteiger partial charge >= 0.3 is 0 Å². The molecule has 0 radical (unpaired) electrons. The Balaban J connectivity index is 2.74. The minimum Gasteiger partial charge on any atom is -0.290 e. The highest BCUT2D eigenvalue weighted by atomic mass is 35.5. The maximum absolute atomic E-state index is 12.6. The molecule has 1 amide bonds. The zero-order valence-corrected chi connectivity index (χ0v) is 11.4. The number of fused-ring (bicyclic) bond motifs is 2. The van der Waals surface area contributed by atoms with Crippen LogP contribution in [0.5, 0.6) is 0 Å². The molecule has 5 nitrogen and oxygen atoms in total. The first-order chi connectivity index (χ1) is 10.0. The van der Waals surface area contributed by atoms with Crippen molar-refractivity contribution >= 4 is 39.1 Å². The Kier molecular flexibility index (Phi) is 3.08. The van der Waals surface area contributed by atoms with Gasteiger partial charge in [-0.05, 0) is 12.1 Å². The summed E-state index contributed by atoms with van der Waals surface area (Å²) < 4.78 is 0. The van der Waals surface area contributed by atoms with Crippen molar-refractivity contribution in [2.45, 2.75) is 0 Å². The van der Waals surface area contributed by atoms with E-state index in [1.54, 1.807) is 24.3 Å². The molecule has 0 heterocycles. The number of amides is 1. The number of carbonyl (C=O) groups excluding carboxylic acids is 1. The van der Waals surface area contributed by atoms with Crippen LogP contribution in [0.1, 0.15) is 10.4 Å². The molecule has 0 aliphatic heterocycles. The van der Waals surface area contributed by atoms with Crippen LogP contribution in [0, 0.1) is 0 Å². The van der Waals surface area contributed by atoms with Crippen LogP contribution in [0.2, 0.25) is 5.02 Å². The molecule has 6 heteroatoms. The van der Waals surface area contributed by atoms with E-state index in [4.69, 9.17) is 17.4 Å². The average molecular weight is 301 g/mol. The van der Waals surface area contributed by atoms with Gasteiger partial charge in [0.15, 0.2) is 10.9 Å². The number of carbonyl (C=O) groups is 1. The summed E-state index contributed by atoms with van der Waals surface area (Å²) in [4.78, 5) is 37.0.